The van der Waals surface area contributed by atoms with Gasteiger partial charge in [0, 0.05) is 31.5 Å². The Bertz CT molecular complexity index is 1110. The van der Waals surface area contributed by atoms with Crippen molar-refractivity contribution in [3.8, 4) is 0 Å². The highest BCUT2D eigenvalue weighted by atomic mass is 28.4. The van der Waals surface area contributed by atoms with Gasteiger partial charge in [0.1, 0.15) is 6.61 Å². The summed E-state index contributed by atoms with van der Waals surface area (Å²) in [6.07, 6.45) is 11.8. The van der Waals surface area contributed by atoms with E-state index in [1.807, 2.05) is 0 Å². The van der Waals surface area contributed by atoms with Crippen LogP contribution in [-0.2, 0) is 23.4 Å². The number of hydrogen-bond donors (Lipinski definition) is 2. The van der Waals surface area contributed by atoms with Crippen LogP contribution in [0.2, 0.25) is 18.1 Å². The molecule has 10 atom stereocenters. The van der Waals surface area contributed by atoms with E-state index in [1.54, 1.807) is 0 Å². The van der Waals surface area contributed by atoms with E-state index < -0.39 is 8.32 Å². The lowest BCUT2D eigenvalue weighted by Crippen LogP contribution is -2.49. The van der Waals surface area contributed by atoms with Crippen molar-refractivity contribution in [1.29, 1.82) is 0 Å². The lowest BCUT2D eigenvalue weighted by atomic mass is 9.55. The summed E-state index contributed by atoms with van der Waals surface area (Å²) >= 11 is 0. The molecule has 0 aromatic carbocycles. The number of carbonyl (C=O) groups is 1. The molecule has 244 valence electrons. The third kappa shape index (κ3) is 7.25. The van der Waals surface area contributed by atoms with Gasteiger partial charge in [0.25, 0.3) is 0 Å². The first-order valence-corrected chi connectivity index (χ1v) is 19.5. The van der Waals surface area contributed by atoms with Crippen LogP contribution in [0.4, 0.5) is 0 Å². The highest BCUT2D eigenvalue weighted by molar-refractivity contribution is 6.74. The third-order valence-corrected chi connectivity index (χ3v) is 16.0. The number of fused-ring (bicyclic) bond motifs is 4. The van der Waals surface area contributed by atoms with Gasteiger partial charge >= 0.3 is 0 Å². The fourth-order valence-electron chi connectivity index (χ4n) is 7.65. The smallest absolute Gasteiger partial charge is 0.246 e. The summed E-state index contributed by atoms with van der Waals surface area (Å²) in [5.41, 5.74) is 8.01. The summed E-state index contributed by atoms with van der Waals surface area (Å²) in [6, 6.07) is 0. The lowest BCUT2D eigenvalue weighted by molar-refractivity contribution is -0.128. The second kappa shape index (κ2) is 12.8. The molecule has 8 heteroatoms. The number of nitrogens with one attached hydrogen (secondary N) is 1. The Kier molecular flexibility index (Phi) is 10.3. The van der Waals surface area contributed by atoms with Crippen molar-refractivity contribution in [2.24, 2.45) is 35.3 Å². The van der Waals surface area contributed by atoms with E-state index in [0.29, 0.717) is 55.6 Å². The summed E-state index contributed by atoms with van der Waals surface area (Å²) in [4.78, 5) is 12.4. The molecule has 2 saturated heterocycles. The van der Waals surface area contributed by atoms with Crippen LogP contribution >= 0.6 is 0 Å². The van der Waals surface area contributed by atoms with Crippen LogP contribution in [0.3, 0.4) is 0 Å². The molecule has 0 unspecified atom stereocenters. The van der Waals surface area contributed by atoms with Crippen molar-refractivity contribution in [2.75, 3.05) is 26.3 Å². The minimum Gasteiger partial charge on any atom is -0.416 e. The Balaban J connectivity index is 1.54. The van der Waals surface area contributed by atoms with E-state index in [1.165, 1.54) is 5.57 Å². The van der Waals surface area contributed by atoms with E-state index in [-0.39, 0.29) is 40.8 Å². The standard InChI is InChI=1S/C35H60N2O5Si/c1-12-22(2)30-25(26-18-28-34(8,41-28)19-27(26)32-35(30,9)42-32)15-13-14-23(3)31(39-21-29(38)37-17-16-36)24(4)20-40-43(10,11)33(5,6)7/h12-15,24-28,30-32H,16-21,36H2,1-11H3,(H,37,38)/b15-13+,22-12+,23-14+/t24-,25-,26-,27+,28-,30-,31+,32-,34+,35+/m0/s1. The number of epoxide rings is 2. The topological polar surface area (TPSA) is 98.6 Å². The van der Waals surface area contributed by atoms with Crippen LogP contribution in [0.5, 0.6) is 0 Å². The van der Waals surface area contributed by atoms with E-state index >= 15 is 0 Å². The second-order valence-corrected chi connectivity index (χ2v) is 20.5. The van der Waals surface area contributed by atoms with Crippen molar-refractivity contribution in [1.82, 2.24) is 5.32 Å². The van der Waals surface area contributed by atoms with Crippen molar-refractivity contribution in [2.45, 2.75) is 123 Å². The second-order valence-electron chi connectivity index (χ2n) is 15.7. The molecule has 0 aromatic rings. The molecule has 2 heterocycles. The highest BCUT2D eigenvalue weighted by Crippen LogP contribution is 2.67. The number of ether oxygens (including phenoxy) is 3. The monoisotopic (exact) mass is 616 g/mol. The maximum atomic E-state index is 12.4. The maximum absolute atomic E-state index is 12.4. The molecule has 2 saturated carbocycles. The predicted octanol–water partition coefficient (Wildman–Crippen LogP) is 6.16. The minimum absolute atomic E-state index is 0.00380. The Hall–Kier alpha value is -1.29. The highest BCUT2D eigenvalue weighted by Gasteiger charge is 2.73. The molecule has 3 N–H and O–H groups in total. The van der Waals surface area contributed by atoms with Gasteiger partial charge in [-0.2, -0.15) is 0 Å². The molecular weight excluding hydrogens is 556 g/mol. The van der Waals surface area contributed by atoms with Crippen molar-refractivity contribution >= 4 is 14.2 Å². The van der Waals surface area contributed by atoms with Gasteiger partial charge < -0.3 is 29.7 Å². The van der Waals surface area contributed by atoms with Gasteiger partial charge in [-0.15, -0.1) is 0 Å². The van der Waals surface area contributed by atoms with E-state index in [9.17, 15) is 4.79 Å². The number of allylic oxidation sites excluding steroid dienone is 4. The van der Waals surface area contributed by atoms with Crippen molar-refractivity contribution < 1.29 is 23.4 Å². The third-order valence-electron chi connectivity index (χ3n) is 11.5. The maximum Gasteiger partial charge on any atom is 0.246 e. The van der Waals surface area contributed by atoms with Crippen LogP contribution in [-0.4, -0.2) is 70.0 Å². The average molecular weight is 617 g/mol. The summed E-state index contributed by atoms with van der Waals surface area (Å²) < 4.78 is 25.6. The molecule has 0 spiro atoms. The number of amides is 1. The van der Waals surface area contributed by atoms with Crippen molar-refractivity contribution in [3.63, 3.8) is 0 Å². The fourth-order valence-corrected chi connectivity index (χ4v) is 8.76. The van der Waals surface area contributed by atoms with Gasteiger partial charge in [-0.25, -0.2) is 0 Å². The van der Waals surface area contributed by atoms with Crippen LogP contribution < -0.4 is 11.1 Å². The SMILES string of the molecule is C/C=C(\C)[C@H]1[C@@H](/C=C/C=C(\C)[C@@H](OCC(=O)NCCN)[C@@H](C)CO[Si](C)(C)C(C)(C)C)[C@@H]2C[C@@H]3O[C@]3(C)C[C@H]2[C@@H]2O[C@@]21C. The molecular formula is C35H60N2O5Si. The Morgan fingerprint density at radius 1 is 1.19 bits per heavy atom. The fraction of sp³-hybridized carbons (Fsp3) is 0.800. The first-order valence-electron chi connectivity index (χ1n) is 16.5. The molecule has 4 aliphatic rings. The Labute approximate surface area is 262 Å². The van der Waals surface area contributed by atoms with E-state index in [4.69, 9.17) is 24.4 Å². The van der Waals surface area contributed by atoms with Gasteiger partial charge in [0.2, 0.25) is 5.91 Å². The molecule has 2 aliphatic carbocycles. The zero-order valence-electron chi connectivity index (χ0n) is 28.8. The van der Waals surface area contributed by atoms with E-state index in [2.05, 4.69) is 105 Å². The van der Waals surface area contributed by atoms with Crippen LogP contribution in [0.1, 0.15) is 75.2 Å². The van der Waals surface area contributed by atoms with Gasteiger partial charge in [0.05, 0.1) is 29.5 Å². The Morgan fingerprint density at radius 3 is 2.51 bits per heavy atom. The molecule has 0 bridgehead atoms. The first kappa shape index (κ1) is 34.6. The Morgan fingerprint density at radius 2 is 1.88 bits per heavy atom. The quantitative estimate of drug-likeness (QED) is 0.111. The number of rotatable bonds is 13. The molecule has 4 rings (SSSR count). The van der Waals surface area contributed by atoms with Gasteiger partial charge in [-0.1, -0.05) is 57.6 Å². The number of nitrogens with two attached hydrogens (primary N) is 1. The normalized spacial score (nSPS) is 37.3. The van der Waals surface area contributed by atoms with Crippen molar-refractivity contribution in [3.05, 3.63) is 35.5 Å². The van der Waals surface area contributed by atoms with Crippen LogP contribution in [0.15, 0.2) is 35.5 Å². The number of carbonyl (C=O) groups excluding carboxylic acids is 1. The lowest BCUT2D eigenvalue weighted by Gasteiger charge is -2.45. The molecule has 0 aromatic heterocycles. The predicted molar refractivity (Wildman–Crippen MR) is 176 cm³/mol. The van der Waals surface area contributed by atoms with Crippen LogP contribution in [0.25, 0.3) is 0 Å². The van der Waals surface area contributed by atoms with Gasteiger partial charge in [-0.3, -0.25) is 4.79 Å². The summed E-state index contributed by atoms with van der Waals surface area (Å²) in [6.45, 7) is 26.0. The molecule has 1 amide bonds. The average Bonchev–Trinajstić information content (AvgIpc) is 3.81. The van der Waals surface area contributed by atoms with E-state index in [0.717, 1.165) is 18.4 Å². The minimum atomic E-state index is -1.92. The molecule has 4 fully saturated rings. The molecule has 0 radical (unpaired) electrons. The summed E-state index contributed by atoms with van der Waals surface area (Å²) in [7, 11) is -1.92. The zero-order valence-corrected chi connectivity index (χ0v) is 29.8. The molecule has 2 aliphatic heterocycles. The zero-order chi connectivity index (χ0) is 32.0. The van der Waals surface area contributed by atoms with Gasteiger partial charge in [-0.05, 0) is 88.9 Å². The largest absolute Gasteiger partial charge is 0.416 e. The number of hydrogen-bond acceptors (Lipinski definition) is 6. The summed E-state index contributed by atoms with van der Waals surface area (Å²) in [5.74, 6) is 1.75. The van der Waals surface area contributed by atoms with Gasteiger partial charge in [0.15, 0.2) is 8.32 Å². The summed E-state index contributed by atoms with van der Waals surface area (Å²) in [5, 5.41) is 2.95. The first-order chi connectivity index (χ1) is 20.0. The van der Waals surface area contributed by atoms with Crippen LogP contribution in [0, 0.1) is 29.6 Å². The molecule has 7 nitrogen and oxygen atoms in total. The molecule has 43 heavy (non-hydrogen) atoms.